The van der Waals surface area contributed by atoms with Crippen LogP contribution in [-0.2, 0) is 4.74 Å². The molecule has 88 valence electrons. The molecule has 0 aromatic carbocycles. The van der Waals surface area contributed by atoms with Crippen LogP contribution in [0.3, 0.4) is 0 Å². The quantitative estimate of drug-likeness (QED) is 0.661. The lowest BCUT2D eigenvalue weighted by molar-refractivity contribution is -0.0300. The summed E-state index contributed by atoms with van der Waals surface area (Å²) >= 11 is 0. The first-order valence-corrected chi connectivity index (χ1v) is 6.07. The Morgan fingerprint density at radius 2 is 2.47 bits per heavy atom. The summed E-state index contributed by atoms with van der Waals surface area (Å²) < 4.78 is 5.69. The van der Waals surface area contributed by atoms with Crippen LogP contribution in [0, 0.1) is 5.92 Å². The average molecular weight is 213 g/mol. The summed E-state index contributed by atoms with van der Waals surface area (Å²) in [6.07, 6.45) is 1.73. The Morgan fingerprint density at radius 1 is 1.53 bits per heavy atom. The average Bonchev–Trinajstić information content (AvgIpc) is 2.71. The van der Waals surface area contributed by atoms with E-state index in [0.717, 1.165) is 32.2 Å². The van der Waals surface area contributed by atoms with E-state index < -0.39 is 0 Å². The number of likely N-dealkylation sites (N-methyl/N-ethyl adjacent to an activating group) is 1. The minimum Gasteiger partial charge on any atom is -0.374 e. The molecule has 0 saturated carbocycles. The molecule has 4 heteroatoms. The van der Waals surface area contributed by atoms with Crippen LogP contribution in [0.5, 0.6) is 0 Å². The van der Waals surface area contributed by atoms with Crippen molar-refractivity contribution in [2.24, 2.45) is 5.92 Å². The third-order valence-electron chi connectivity index (χ3n) is 3.33. The molecule has 0 aliphatic carbocycles. The molecule has 2 fully saturated rings. The van der Waals surface area contributed by atoms with Gasteiger partial charge in [0, 0.05) is 26.2 Å². The molecule has 0 aromatic rings. The normalized spacial score (nSPS) is 33.4. The van der Waals surface area contributed by atoms with Crippen molar-refractivity contribution in [3.8, 4) is 0 Å². The summed E-state index contributed by atoms with van der Waals surface area (Å²) in [7, 11) is 1.99. The van der Waals surface area contributed by atoms with Crippen LogP contribution in [-0.4, -0.2) is 63.9 Å². The Labute approximate surface area is 92.4 Å². The summed E-state index contributed by atoms with van der Waals surface area (Å²) in [4.78, 5) is 2.56. The Bertz CT molecular complexity index is 181. The zero-order chi connectivity index (χ0) is 10.5. The number of morpholine rings is 1. The second-order valence-corrected chi connectivity index (χ2v) is 4.67. The summed E-state index contributed by atoms with van der Waals surface area (Å²) in [6, 6.07) is 0. The van der Waals surface area contributed by atoms with Gasteiger partial charge < -0.3 is 15.4 Å². The van der Waals surface area contributed by atoms with E-state index in [9.17, 15) is 0 Å². The van der Waals surface area contributed by atoms with Crippen molar-refractivity contribution >= 4 is 0 Å². The standard InChI is InChI=1S/C11H23N3O/c1-12-7-11-9-14(4-5-15-11)8-10-2-3-13-6-10/h10-13H,2-9H2,1H3. The molecule has 2 N–H and O–H groups in total. The molecule has 0 aromatic heterocycles. The van der Waals surface area contributed by atoms with E-state index >= 15 is 0 Å². The molecule has 2 unspecified atom stereocenters. The summed E-state index contributed by atoms with van der Waals surface area (Å²) in [5, 5.41) is 6.62. The molecular formula is C11H23N3O. The van der Waals surface area contributed by atoms with Crippen LogP contribution in [0.15, 0.2) is 0 Å². The van der Waals surface area contributed by atoms with Gasteiger partial charge in [-0.1, -0.05) is 0 Å². The van der Waals surface area contributed by atoms with E-state index in [1.165, 1.54) is 26.1 Å². The predicted octanol–water partition coefficient (Wildman–Crippen LogP) is -0.484. The number of rotatable bonds is 4. The smallest absolute Gasteiger partial charge is 0.0826 e. The van der Waals surface area contributed by atoms with Gasteiger partial charge in [0.25, 0.3) is 0 Å². The first-order valence-electron chi connectivity index (χ1n) is 6.07. The van der Waals surface area contributed by atoms with Gasteiger partial charge in [-0.05, 0) is 32.5 Å². The minimum atomic E-state index is 0.387. The van der Waals surface area contributed by atoms with Crippen LogP contribution >= 0.6 is 0 Å². The van der Waals surface area contributed by atoms with Crippen molar-refractivity contribution in [3.63, 3.8) is 0 Å². The van der Waals surface area contributed by atoms with Crippen LogP contribution in [0.1, 0.15) is 6.42 Å². The molecule has 2 atom stereocenters. The zero-order valence-electron chi connectivity index (χ0n) is 9.67. The molecule has 4 nitrogen and oxygen atoms in total. The molecule has 2 aliphatic rings. The van der Waals surface area contributed by atoms with Crippen molar-refractivity contribution in [1.29, 1.82) is 0 Å². The lowest BCUT2D eigenvalue weighted by Crippen LogP contribution is -2.47. The Morgan fingerprint density at radius 3 is 3.20 bits per heavy atom. The van der Waals surface area contributed by atoms with Crippen LogP contribution in [0.4, 0.5) is 0 Å². The number of nitrogens with one attached hydrogen (secondary N) is 2. The van der Waals surface area contributed by atoms with Crippen molar-refractivity contribution in [2.75, 3.05) is 52.9 Å². The van der Waals surface area contributed by atoms with E-state index in [1.807, 2.05) is 7.05 Å². The molecule has 2 heterocycles. The molecule has 2 saturated heterocycles. The summed E-state index contributed by atoms with van der Waals surface area (Å²) in [6.45, 7) is 7.72. The highest BCUT2D eigenvalue weighted by atomic mass is 16.5. The highest BCUT2D eigenvalue weighted by molar-refractivity contribution is 4.79. The van der Waals surface area contributed by atoms with Crippen molar-refractivity contribution < 1.29 is 4.74 Å². The van der Waals surface area contributed by atoms with Crippen molar-refractivity contribution in [2.45, 2.75) is 12.5 Å². The van der Waals surface area contributed by atoms with E-state index in [1.54, 1.807) is 0 Å². The van der Waals surface area contributed by atoms with Gasteiger partial charge in [0.15, 0.2) is 0 Å². The molecule has 0 amide bonds. The van der Waals surface area contributed by atoms with E-state index in [4.69, 9.17) is 4.74 Å². The fourth-order valence-electron chi connectivity index (χ4n) is 2.53. The highest BCUT2D eigenvalue weighted by Crippen LogP contribution is 2.12. The van der Waals surface area contributed by atoms with Gasteiger partial charge in [-0.15, -0.1) is 0 Å². The first-order chi connectivity index (χ1) is 7.38. The molecule has 2 aliphatic heterocycles. The fraction of sp³-hybridized carbons (Fsp3) is 1.00. The van der Waals surface area contributed by atoms with Crippen molar-refractivity contribution in [1.82, 2.24) is 15.5 Å². The van der Waals surface area contributed by atoms with Gasteiger partial charge in [0.05, 0.1) is 12.7 Å². The Hall–Kier alpha value is -0.160. The van der Waals surface area contributed by atoms with Crippen LogP contribution < -0.4 is 10.6 Å². The SMILES string of the molecule is CNCC1CN(CC2CCNC2)CCO1. The van der Waals surface area contributed by atoms with Gasteiger partial charge >= 0.3 is 0 Å². The third kappa shape index (κ3) is 3.41. The predicted molar refractivity (Wildman–Crippen MR) is 61.1 cm³/mol. The molecule has 0 spiro atoms. The van der Waals surface area contributed by atoms with E-state index in [0.29, 0.717) is 6.10 Å². The van der Waals surface area contributed by atoms with Gasteiger partial charge in [0.2, 0.25) is 0 Å². The van der Waals surface area contributed by atoms with E-state index in [2.05, 4.69) is 15.5 Å². The molecule has 0 bridgehead atoms. The fourth-order valence-corrected chi connectivity index (χ4v) is 2.53. The monoisotopic (exact) mass is 213 g/mol. The summed E-state index contributed by atoms with van der Waals surface area (Å²) in [5.41, 5.74) is 0. The van der Waals surface area contributed by atoms with Crippen LogP contribution in [0.25, 0.3) is 0 Å². The molecular weight excluding hydrogens is 190 g/mol. The maximum atomic E-state index is 5.69. The number of ether oxygens (including phenoxy) is 1. The Kier molecular flexibility index (Phi) is 4.38. The lowest BCUT2D eigenvalue weighted by atomic mass is 10.1. The van der Waals surface area contributed by atoms with Crippen molar-refractivity contribution in [3.05, 3.63) is 0 Å². The second-order valence-electron chi connectivity index (χ2n) is 4.67. The highest BCUT2D eigenvalue weighted by Gasteiger charge is 2.23. The van der Waals surface area contributed by atoms with Crippen LogP contribution in [0.2, 0.25) is 0 Å². The minimum absolute atomic E-state index is 0.387. The number of hydrogen-bond acceptors (Lipinski definition) is 4. The first kappa shape index (κ1) is 11.3. The van der Waals surface area contributed by atoms with Gasteiger partial charge in [-0.25, -0.2) is 0 Å². The summed E-state index contributed by atoms with van der Waals surface area (Å²) in [5.74, 6) is 0.860. The maximum Gasteiger partial charge on any atom is 0.0826 e. The number of hydrogen-bond donors (Lipinski definition) is 2. The van der Waals surface area contributed by atoms with Gasteiger partial charge in [-0.2, -0.15) is 0 Å². The third-order valence-corrected chi connectivity index (χ3v) is 3.33. The molecule has 15 heavy (non-hydrogen) atoms. The zero-order valence-corrected chi connectivity index (χ0v) is 9.67. The van der Waals surface area contributed by atoms with Gasteiger partial charge in [-0.3, -0.25) is 4.90 Å². The Balaban J connectivity index is 1.71. The number of nitrogens with zero attached hydrogens (tertiary/aromatic N) is 1. The van der Waals surface area contributed by atoms with Gasteiger partial charge in [0.1, 0.15) is 0 Å². The van der Waals surface area contributed by atoms with E-state index in [-0.39, 0.29) is 0 Å². The largest absolute Gasteiger partial charge is 0.374 e. The molecule has 0 radical (unpaired) electrons. The molecule has 2 rings (SSSR count). The topological polar surface area (TPSA) is 36.5 Å². The lowest BCUT2D eigenvalue weighted by Gasteiger charge is -2.34. The maximum absolute atomic E-state index is 5.69. The second kappa shape index (κ2) is 5.80.